The van der Waals surface area contributed by atoms with Crippen LogP contribution in [0, 0.1) is 0 Å². The van der Waals surface area contributed by atoms with Gasteiger partial charge < -0.3 is 10.3 Å². The number of hydrogen-bond acceptors (Lipinski definition) is 2. The molecule has 0 unspecified atom stereocenters. The summed E-state index contributed by atoms with van der Waals surface area (Å²) in [6, 6.07) is 8.34. The number of nitrogens with zero attached hydrogens (tertiary/aromatic N) is 1. The normalized spacial score (nSPS) is 11.1. The zero-order valence-electron chi connectivity index (χ0n) is 10.7. The lowest BCUT2D eigenvalue weighted by atomic mass is 10.1. The molecule has 0 aliphatic heterocycles. The third kappa shape index (κ3) is 3.86. The Morgan fingerprint density at radius 1 is 1.28 bits per heavy atom. The van der Waals surface area contributed by atoms with Gasteiger partial charge in [-0.1, -0.05) is 37.6 Å². The van der Waals surface area contributed by atoms with E-state index in [9.17, 15) is 0 Å². The van der Waals surface area contributed by atoms with E-state index >= 15 is 0 Å². The SMILES string of the molecule is CC(C)NCc1cnc(Cc2ccc(Cl)cc2)[nH]1. The first kappa shape index (κ1) is 13.1. The fourth-order valence-corrected chi connectivity index (χ4v) is 1.82. The third-order valence-corrected chi connectivity index (χ3v) is 2.92. The van der Waals surface area contributed by atoms with Gasteiger partial charge >= 0.3 is 0 Å². The van der Waals surface area contributed by atoms with Crippen molar-refractivity contribution >= 4 is 11.6 Å². The molecule has 3 nitrogen and oxygen atoms in total. The van der Waals surface area contributed by atoms with Gasteiger partial charge in [-0.3, -0.25) is 0 Å². The number of halogens is 1. The number of imidazole rings is 1. The molecule has 0 atom stereocenters. The molecule has 0 radical (unpaired) electrons. The molecule has 18 heavy (non-hydrogen) atoms. The third-order valence-electron chi connectivity index (χ3n) is 2.67. The number of hydrogen-bond donors (Lipinski definition) is 2. The highest BCUT2D eigenvalue weighted by Gasteiger charge is 2.03. The Hall–Kier alpha value is -1.32. The lowest BCUT2D eigenvalue weighted by Crippen LogP contribution is -2.21. The van der Waals surface area contributed by atoms with Crippen LogP contribution in [0.1, 0.15) is 30.9 Å². The summed E-state index contributed by atoms with van der Waals surface area (Å²) >= 11 is 5.86. The lowest BCUT2D eigenvalue weighted by Gasteiger charge is -2.05. The molecule has 2 N–H and O–H groups in total. The summed E-state index contributed by atoms with van der Waals surface area (Å²) in [7, 11) is 0. The minimum absolute atomic E-state index is 0.480. The molecule has 0 saturated carbocycles. The standard InChI is InChI=1S/C14H18ClN3/c1-10(2)16-8-13-9-17-14(18-13)7-11-3-5-12(15)6-4-11/h3-6,9-10,16H,7-8H2,1-2H3,(H,17,18). The van der Waals surface area contributed by atoms with Gasteiger partial charge in [0.2, 0.25) is 0 Å². The van der Waals surface area contributed by atoms with Crippen LogP contribution in [0.3, 0.4) is 0 Å². The van der Waals surface area contributed by atoms with Crippen LogP contribution in [-0.4, -0.2) is 16.0 Å². The van der Waals surface area contributed by atoms with Gasteiger partial charge in [-0.2, -0.15) is 0 Å². The summed E-state index contributed by atoms with van der Waals surface area (Å²) in [5.41, 5.74) is 2.32. The second-order valence-electron chi connectivity index (χ2n) is 4.69. The Morgan fingerprint density at radius 2 is 2.00 bits per heavy atom. The Bertz CT molecular complexity index is 488. The van der Waals surface area contributed by atoms with Crippen molar-refractivity contribution in [2.45, 2.75) is 32.9 Å². The Labute approximate surface area is 113 Å². The van der Waals surface area contributed by atoms with Gasteiger partial charge in [-0.05, 0) is 17.7 Å². The van der Waals surface area contributed by atoms with Gasteiger partial charge in [-0.25, -0.2) is 4.98 Å². The summed E-state index contributed by atoms with van der Waals surface area (Å²) < 4.78 is 0. The Kier molecular flexibility index (Phi) is 4.39. The fourth-order valence-electron chi connectivity index (χ4n) is 1.70. The van der Waals surface area contributed by atoms with Crippen molar-refractivity contribution in [1.82, 2.24) is 15.3 Å². The van der Waals surface area contributed by atoms with Crippen LogP contribution < -0.4 is 5.32 Å². The first-order valence-electron chi connectivity index (χ1n) is 6.14. The maximum Gasteiger partial charge on any atom is 0.110 e. The van der Waals surface area contributed by atoms with E-state index in [1.54, 1.807) is 0 Å². The van der Waals surface area contributed by atoms with E-state index < -0.39 is 0 Å². The lowest BCUT2D eigenvalue weighted by molar-refractivity contribution is 0.582. The molecule has 0 bridgehead atoms. The van der Waals surface area contributed by atoms with E-state index in [1.165, 1.54) is 5.56 Å². The van der Waals surface area contributed by atoms with Crippen molar-refractivity contribution in [3.63, 3.8) is 0 Å². The van der Waals surface area contributed by atoms with Crippen molar-refractivity contribution in [3.8, 4) is 0 Å². The van der Waals surface area contributed by atoms with Crippen molar-refractivity contribution in [2.75, 3.05) is 0 Å². The van der Waals surface area contributed by atoms with Crippen LogP contribution >= 0.6 is 11.6 Å². The van der Waals surface area contributed by atoms with Gasteiger partial charge in [-0.15, -0.1) is 0 Å². The molecule has 0 fully saturated rings. The zero-order valence-corrected chi connectivity index (χ0v) is 11.5. The topological polar surface area (TPSA) is 40.7 Å². The molecular formula is C14H18ClN3. The minimum Gasteiger partial charge on any atom is -0.345 e. The second kappa shape index (κ2) is 6.03. The van der Waals surface area contributed by atoms with Crippen molar-refractivity contribution in [3.05, 3.63) is 52.6 Å². The highest BCUT2D eigenvalue weighted by atomic mass is 35.5. The smallest absolute Gasteiger partial charge is 0.110 e. The summed E-state index contributed by atoms with van der Waals surface area (Å²) in [5.74, 6) is 0.984. The molecule has 0 spiro atoms. The number of aromatic amines is 1. The predicted molar refractivity (Wildman–Crippen MR) is 74.8 cm³/mol. The highest BCUT2D eigenvalue weighted by Crippen LogP contribution is 2.12. The molecule has 96 valence electrons. The van der Waals surface area contributed by atoms with Gasteiger partial charge in [0.25, 0.3) is 0 Å². The predicted octanol–water partition coefficient (Wildman–Crippen LogP) is 3.15. The molecule has 4 heteroatoms. The largest absolute Gasteiger partial charge is 0.345 e. The monoisotopic (exact) mass is 263 g/mol. The van der Waals surface area contributed by atoms with Crippen molar-refractivity contribution < 1.29 is 0 Å². The molecule has 0 aliphatic rings. The van der Waals surface area contributed by atoms with Crippen LogP contribution in [0.4, 0.5) is 0 Å². The maximum absolute atomic E-state index is 5.86. The molecular weight excluding hydrogens is 246 g/mol. The molecule has 1 heterocycles. The Balaban J connectivity index is 1.95. The van der Waals surface area contributed by atoms with E-state index in [-0.39, 0.29) is 0 Å². The quantitative estimate of drug-likeness (QED) is 0.870. The van der Waals surface area contributed by atoms with E-state index in [0.29, 0.717) is 6.04 Å². The number of benzene rings is 1. The molecule has 0 saturated heterocycles. The van der Waals surface area contributed by atoms with E-state index in [1.807, 2.05) is 30.5 Å². The van der Waals surface area contributed by atoms with Gasteiger partial charge in [0.05, 0.1) is 0 Å². The van der Waals surface area contributed by atoms with Crippen LogP contribution in [0.25, 0.3) is 0 Å². The number of nitrogens with one attached hydrogen (secondary N) is 2. The van der Waals surface area contributed by atoms with E-state index in [0.717, 1.165) is 29.5 Å². The Morgan fingerprint density at radius 3 is 2.67 bits per heavy atom. The van der Waals surface area contributed by atoms with E-state index in [4.69, 9.17) is 11.6 Å². The molecule has 0 amide bonds. The summed E-state index contributed by atoms with van der Waals surface area (Å²) in [6.45, 7) is 5.08. The number of H-pyrrole nitrogens is 1. The summed E-state index contributed by atoms with van der Waals surface area (Å²) in [6.07, 6.45) is 2.69. The minimum atomic E-state index is 0.480. The molecule has 2 rings (SSSR count). The second-order valence-corrected chi connectivity index (χ2v) is 5.13. The first-order valence-corrected chi connectivity index (χ1v) is 6.52. The van der Waals surface area contributed by atoms with Crippen molar-refractivity contribution in [2.24, 2.45) is 0 Å². The average Bonchev–Trinajstić information content (AvgIpc) is 2.77. The molecule has 0 aliphatic carbocycles. The van der Waals surface area contributed by atoms with Gasteiger partial charge in [0, 0.05) is 35.9 Å². The van der Waals surface area contributed by atoms with Crippen LogP contribution in [-0.2, 0) is 13.0 Å². The van der Waals surface area contributed by atoms with Crippen LogP contribution in [0.15, 0.2) is 30.5 Å². The highest BCUT2D eigenvalue weighted by molar-refractivity contribution is 6.30. The summed E-state index contributed by atoms with van der Waals surface area (Å²) in [5, 5.41) is 4.12. The number of rotatable bonds is 5. The van der Waals surface area contributed by atoms with Gasteiger partial charge in [0.15, 0.2) is 0 Å². The fraction of sp³-hybridized carbons (Fsp3) is 0.357. The van der Waals surface area contributed by atoms with Gasteiger partial charge in [0.1, 0.15) is 5.82 Å². The van der Waals surface area contributed by atoms with Crippen LogP contribution in [0.5, 0.6) is 0 Å². The summed E-state index contributed by atoms with van der Waals surface area (Å²) in [4.78, 5) is 7.71. The average molecular weight is 264 g/mol. The molecule has 1 aromatic carbocycles. The maximum atomic E-state index is 5.86. The number of aromatic nitrogens is 2. The van der Waals surface area contributed by atoms with Crippen molar-refractivity contribution in [1.29, 1.82) is 0 Å². The molecule has 2 aromatic rings. The zero-order chi connectivity index (χ0) is 13.0. The van der Waals surface area contributed by atoms with E-state index in [2.05, 4.69) is 29.1 Å². The first-order chi connectivity index (χ1) is 8.63. The molecule has 1 aromatic heterocycles. The van der Waals surface area contributed by atoms with Crippen LogP contribution in [0.2, 0.25) is 5.02 Å².